The Bertz CT molecular complexity index is 410. The maximum absolute atomic E-state index is 12.0. The molecular weight excluding hydrogens is 451 g/mol. The third-order valence-corrected chi connectivity index (χ3v) is 24.5. The van der Waals surface area contributed by atoms with E-state index in [0.29, 0.717) is 0 Å². The predicted octanol–water partition coefficient (Wildman–Crippen LogP) is 8.33. The van der Waals surface area contributed by atoms with E-state index in [4.69, 9.17) is 0 Å². The molecule has 0 aromatic carbocycles. The molecule has 0 radical (unpaired) electrons. The topological polar surface area (TPSA) is 20.2 Å². The van der Waals surface area contributed by atoms with Crippen molar-refractivity contribution >= 4 is 26.5 Å². The zero-order valence-corrected chi connectivity index (χ0v) is 23.5. The average molecular weight is 501 g/mol. The van der Waals surface area contributed by atoms with Gasteiger partial charge < -0.3 is 0 Å². The van der Waals surface area contributed by atoms with Crippen molar-refractivity contribution in [3.63, 3.8) is 0 Å². The summed E-state index contributed by atoms with van der Waals surface area (Å²) in [6.07, 6.45) is 16.7. The van der Waals surface area contributed by atoms with Gasteiger partial charge in [-0.05, 0) is 0 Å². The fourth-order valence-corrected chi connectivity index (χ4v) is 24.8. The molecule has 0 aliphatic heterocycles. The van der Waals surface area contributed by atoms with Crippen LogP contribution in [-0.2, 0) is 0 Å². The molecule has 27 heavy (non-hydrogen) atoms. The van der Waals surface area contributed by atoms with Crippen molar-refractivity contribution < 1.29 is 5.11 Å². The Morgan fingerprint density at radius 2 is 1.30 bits per heavy atom. The van der Waals surface area contributed by atoms with Gasteiger partial charge in [-0.1, -0.05) is 0 Å². The number of allylic oxidation sites excluding steroid dienone is 1. The van der Waals surface area contributed by atoms with Gasteiger partial charge in [-0.3, -0.25) is 0 Å². The van der Waals surface area contributed by atoms with Crippen LogP contribution in [0, 0.1) is 0 Å². The molecule has 0 unspecified atom stereocenters. The van der Waals surface area contributed by atoms with Crippen LogP contribution in [-0.4, -0.2) is 37.2 Å². The van der Waals surface area contributed by atoms with E-state index in [9.17, 15) is 5.11 Å². The number of rotatable bonds is 13. The Hall–Kier alpha value is 0.716. The first-order valence-corrected chi connectivity index (χ1v) is 23.4. The van der Waals surface area contributed by atoms with Crippen LogP contribution in [0.4, 0.5) is 0 Å². The summed E-state index contributed by atoms with van der Waals surface area (Å²) in [5.74, 6) is 0. The molecule has 0 bridgehead atoms. The van der Waals surface area contributed by atoms with E-state index in [1.807, 2.05) is 0 Å². The zero-order chi connectivity index (χ0) is 20.4. The summed E-state index contributed by atoms with van der Waals surface area (Å²) in [5.41, 5.74) is -0.427. The van der Waals surface area contributed by atoms with Crippen LogP contribution in [0.25, 0.3) is 0 Å². The van der Waals surface area contributed by atoms with E-state index in [-0.39, 0.29) is 0 Å². The molecule has 1 fully saturated rings. The van der Waals surface area contributed by atoms with Crippen molar-refractivity contribution in [2.24, 2.45) is 0 Å². The molecule has 0 aromatic heterocycles. The summed E-state index contributed by atoms with van der Waals surface area (Å²) in [4.78, 5) is 0. The van der Waals surface area contributed by atoms with Gasteiger partial charge in [0.2, 0.25) is 0 Å². The normalized spacial score (nSPS) is 18.7. The number of unbranched alkanes of at least 4 members (excludes halogenated alkanes) is 3. The molecule has 1 N–H and O–H groups in total. The van der Waals surface area contributed by atoms with Crippen molar-refractivity contribution in [1.82, 2.24) is 0 Å². The summed E-state index contributed by atoms with van der Waals surface area (Å²) in [6, 6.07) is 1.27. The molecule has 0 saturated heterocycles. The number of hydrogen-bond acceptors (Lipinski definition) is 1. The molecule has 0 atom stereocenters. The third kappa shape index (κ3) is 8.54. The van der Waals surface area contributed by atoms with Gasteiger partial charge in [-0.25, -0.2) is 0 Å². The molecule has 0 amide bonds. The van der Waals surface area contributed by atoms with Crippen LogP contribution in [0.5, 0.6) is 0 Å². The van der Waals surface area contributed by atoms with Gasteiger partial charge in [-0.15, -0.1) is 0 Å². The van der Waals surface area contributed by atoms with Crippen molar-refractivity contribution in [3.05, 3.63) is 9.67 Å². The molecule has 1 nitrogen and oxygen atoms in total. The summed E-state index contributed by atoms with van der Waals surface area (Å²) in [5, 5.41) is 12.0. The van der Waals surface area contributed by atoms with Gasteiger partial charge in [0.1, 0.15) is 0 Å². The molecule has 1 saturated carbocycles. The van der Waals surface area contributed by atoms with E-state index in [0.717, 1.165) is 12.8 Å². The molecule has 1 rings (SSSR count). The Labute approximate surface area is 176 Å². The summed E-state index contributed by atoms with van der Waals surface area (Å²) in [6.45, 7) is 14.6. The van der Waals surface area contributed by atoms with Crippen LogP contribution in [0.2, 0.25) is 39.0 Å². The fourth-order valence-electron chi connectivity index (χ4n) is 5.04. The third-order valence-electron chi connectivity index (χ3n) is 6.70. The first-order chi connectivity index (χ1) is 12.7. The zero-order valence-electron chi connectivity index (χ0n) is 19.6. The predicted molar refractivity (Wildman–Crippen MR) is 129 cm³/mol. The molecule has 0 spiro atoms. The SMILES string of the molecule is CCC[CH2][Sn]([CH2]CCC)([CH2]CCC)/[C](=C\C[Si](C)(C)C)C1(O)CCCCC1. The van der Waals surface area contributed by atoms with Crippen LogP contribution in [0.3, 0.4) is 0 Å². The molecule has 1 aliphatic carbocycles. The number of hydrogen-bond donors (Lipinski definition) is 1. The van der Waals surface area contributed by atoms with Gasteiger partial charge in [0.15, 0.2) is 0 Å². The summed E-state index contributed by atoms with van der Waals surface area (Å²) in [7, 11) is -1.14. The fraction of sp³-hybridized carbons (Fsp3) is 0.917. The molecule has 0 aromatic rings. The maximum atomic E-state index is 12.0. The minimum absolute atomic E-state index is 0.427. The summed E-state index contributed by atoms with van der Waals surface area (Å²) < 4.78 is 6.18. The molecule has 3 heteroatoms. The van der Waals surface area contributed by atoms with Gasteiger partial charge in [0.05, 0.1) is 0 Å². The molecular formula is C24H50OSiSn. The monoisotopic (exact) mass is 502 g/mol. The second-order valence-corrected chi connectivity index (χ2v) is 29.2. The van der Waals surface area contributed by atoms with Crippen molar-refractivity contribution in [1.29, 1.82) is 0 Å². The van der Waals surface area contributed by atoms with Crippen LogP contribution >= 0.6 is 0 Å². The van der Waals surface area contributed by atoms with Crippen molar-refractivity contribution in [2.75, 3.05) is 0 Å². The van der Waals surface area contributed by atoms with Gasteiger partial charge >= 0.3 is 177 Å². The van der Waals surface area contributed by atoms with Crippen LogP contribution < -0.4 is 0 Å². The van der Waals surface area contributed by atoms with Gasteiger partial charge in [0.25, 0.3) is 0 Å². The van der Waals surface area contributed by atoms with Crippen LogP contribution in [0.15, 0.2) is 9.67 Å². The van der Waals surface area contributed by atoms with Crippen molar-refractivity contribution in [3.8, 4) is 0 Å². The Morgan fingerprint density at radius 1 is 0.852 bits per heavy atom. The number of aliphatic hydroxyl groups is 1. The van der Waals surface area contributed by atoms with Crippen LogP contribution in [0.1, 0.15) is 91.4 Å². The van der Waals surface area contributed by atoms with E-state index >= 15 is 0 Å². The first-order valence-electron chi connectivity index (χ1n) is 12.2. The van der Waals surface area contributed by atoms with E-state index in [1.165, 1.54) is 77.1 Å². The van der Waals surface area contributed by atoms with E-state index in [1.54, 1.807) is 3.59 Å². The van der Waals surface area contributed by atoms with Gasteiger partial charge in [0, 0.05) is 0 Å². The van der Waals surface area contributed by atoms with E-state index in [2.05, 4.69) is 46.5 Å². The molecule has 1 aliphatic rings. The van der Waals surface area contributed by atoms with E-state index < -0.39 is 32.1 Å². The Morgan fingerprint density at radius 3 is 1.67 bits per heavy atom. The molecule has 160 valence electrons. The Kier molecular flexibility index (Phi) is 11.8. The minimum atomic E-state index is -2.57. The standard InChI is InChI=1S/C12H23OSi.3C4H9.Sn/c1-14(2,3)11-7-10-12(13)8-5-4-6-9-12;3*1-3-4-2;/h7,13H,4-6,8-9,11H2,1-3H3;3*1,3-4H2,2H3;. The second kappa shape index (κ2) is 12.4. The average Bonchev–Trinajstić information content (AvgIpc) is 2.62. The Balaban J connectivity index is 3.38. The van der Waals surface area contributed by atoms with Gasteiger partial charge in [-0.2, -0.15) is 0 Å². The molecule has 0 heterocycles. The first kappa shape index (κ1) is 25.8. The summed E-state index contributed by atoms with van der Waals surface area (Å²) >= 11 is -2.57. The quantitative estimate of drug-likeness (QED) is 0.252. The van der Waals surface area contributed by atoms with Crippen molar-refractivity contribution in [2.45, 2.75) is 136 Å². The second-order valence-electron chi connectivity index (χ2n) is 10.6.